The van der Waals surface area contributed by atoms with Gasteiger partial charge in [-0.15, -0.1) is 0 Å². The highest BCUT2D eigenvalue weighted by Gasteiger charge is 2.24. The van der Waals surface area contributed by atoms with Crippen LogP contribution in [0.15, 0.2) is 22.7 Å². The summed E-state index contributed by atoms with van der Waals surface area (Å²) in [5.74, 6) is -0.457. The van der Waals surface area contributed by atoms with Gasteiger partial charge >= 0.3 is 0 Å². The average Bonchev–Trinajstić information content (AvgIpc) is 2.17. The Morgan fingerprint density at radius 3 is 2.62 bits per heavy atom. The van der Waals surface area contributed by atoms with Crippen LogP contribution >= 0.6 is 15.9 Å². The van der Waals surface area contributed by atoms with Crippen molar-refractivity contribution >= 4 is 27.4 Å². The summed E-state index contributed by atoms with van der Waals surface area (Å²) in [6, 6.07) is 4.67. The van der Waals surface area contributed by atoms with E-state index in [1.165, 1.54) is 13.0 Å². The van der Waals surface area contributed by atoms with Crippen LogP contribution in [-0.2, 0) is 4.79 Å². The zero-order valence-electron chi connectivity index (χ0n) is 9.07. The number of rotatable bonds is 4. The minimum absolute atomic E-state index is 0.00486. The maximum atomic E-state index is 11.4. The number of nitro groups is 1. The second kappa shape index (κ2) is 5.21. The van der Waals surface area contributed by atoms with Crippen LogP contribution in [0.25, 0.3) is 0 Å². The maximum Gasteiger partial charge on any atom is 0.273 e. The van der Waals surface area contributed by atoms with E-state index < -0.39 is 10.8 Å². The lowest BCUT2D eigenvalue weighted by molar-refractivity contribution is -0.385. The Hall–Kier alpha value is -1.23. The van der Waals surface area contributed by atoms with Gasteiger partial charge in [0.15, 0.2) is 0 Å². The smallest absolute Gasteiger partial charge is 0.273 e. The van der Waals surface area contributed by atoms with Crippen LogP contribution in [-0.4, -0.2) is 10.7 Å². The van der Waals surface area contributed by atoms with E-state index in [0.29, 0.717) is 12.0 Å². The molecular weight excluding hydrogens is 274 g/mol. The predicted molar refractivity (Wildman–Crippen MR) is 64.5 cm³/mol. The topological polar surface area (TPSA) is 60.2 Å². The fraction of sp³-hybridized carbons (Fsp3) is 0.364. The SMILES string of the molecule is CCC(C(C)=O)c1cc(Br)ccc1[N+](=O)[O-]. The first-order chi connectivity index (χ1) is 7.47. The van der Waals surface area contributed by atoms with E-state index >= 15 is 0 Å². The first-order valence-electron chi connectivity index (χ1n) is 4.91. The lowest BCUT2D eigenvalue weighted by atomic mass is 9.92. The first kappa shape index (κ1) is 12.8. The van der Waals surface area contributed by atoms with Crippen molar-refractivity contribution in [1.82, 2.24) is 0 Å². The Morgan fingerprint density at radius 1 is 1.56 bits per heavy atom. The molecule has 0 amide bonds. The van der Waals surface area contributed by atoms with Crippen LogP contribution in [0.3, 0.4) is 0 Å². The molecule has 1 unspecified atom stereocenters. The predicted octanol–water partition coefficient (Wildman–Crippen LogP) is 3.44. The van der Waals surface area contributed by atoms with E-state index in [4.69, 9.17) is 0 Å². The molecule has 0 bridgehead atoms. The van der Waals surface area contributed by atoms with Crippen LogP contribution in [0.5, 0.6) is 0 Å². The highest BCUT2D eigenvalue weighted by Crippen LogP contribution is 2.31. The summed E-state index contributed by atoms with van der Waals surface area (Å²) in [6.45, 7) is 3.30. The van der Waals surface area contributed by atoms with Crippen molar-refractivity contribution in [3.63, 3.8) is 0 Å². The molecule has 0 aliphatic heterocycles. The zero-order chi connectivity index (χ0) is 12.3. The number of hydrogen-bond acceptors (Lipinski definition) is 3. The third-order valence-electron chi connectivity index (χ3n) is 2.46. The van der Waals surface area contributed by atoms with Crippen molar-refractivity contribution < 1.29 is 9.72 Å². The van der Waals surface area contributed by atoms with Gasteiger partial charge in [0.25, 0.3) is 5.69 Å². The lowest BCUT2D eigenvalue weighted by Gasteiger charge is -2.12. The molecule has 4 nitrogen and oxygen atoms in total. The summed E-state index contributed by atoms with van der Waals surface area (Å²) in [4.78, 5) is 21.8. The van der Waals surface area contributed by atoms with Gasteiger partial charge in [0.05, 0.1) is 4.92 Å². The summed E-state index contributed by atoms with van der Waals surface area (Å²) >= 11 is 3.26. The van der Waals surface area contributed by atoms with Gasteiger partial charge in [-0.3, -0.25) is 14.9 Å². The summed E-state index contributed by atoms with van der Waals surface area (Å²) in [6.07, 6.45) is 0.562. The molecule has 0 saturated carbocycles. The third kappa shape index (κ3) is 2.66. The Labute approximate surface area is 102 Å². The summed E-state index contributed by atoms with van der Waals surface area (Å²) in [7, 11) is 0. The Balaban J connectivity index is 3.33. The highest BCUT2D eigenvalue weighted by atomic mass is 79.9. The third-order valence-corrected chi connectivity index (χ3v) is 2.95. The number of hydrogen-bond donors (Lipinski definition) is 0. The normalized spacial score (nSPS) is 12.2. The standard InChI is InChI=1S/C11H12BrNO3/c1-3-9(7(2)14)10-6-8(12)4-5-11(10)13(15)16/h4-6,9H,3H2,1-2H3. The van der Waals surface area contributed by atoms with Crippen molar-refractivity contribution in [1.29, 1.82) is 0 Å². The Bertz CT molecular complexity index is 431. The van der Waals surface area contributed by atoms with Crippen LogP contribution in [0.4, 0.5) is 5.69 Å². The molecule has 0 aliphatic carbocycles. The van der Waals surface area contributed by atoms with Crippen LogP contribution in [0.1, 0.15) is 31.7 Å². The maximum absolute atomic E-state index is 11.4. The molecule has 1 aromatic rings. The molecule has 1 atom stereocenters. The van der Waals surface area contributed by atoms with E-state index in [-0.39, 0.29) is 11.5 Å². The van der Waals surface area contributed by atoms with Gasteiger partial charge in [-0.05, 0) is 25.5 Å². The minimum Gasteiger partial charge on any atom is -0.299 e. The second-order valence-corrected chi connectivity index (χ2v) is 4.45. The molecule has 1 aromatic carbocycles. The number of carbonyl (C=O) groups excluding carboxylic acids is 1. The molecule has 0 heterocycles. The number of ketones is 1. The first-order valence-corrected chi connectivity index (χ1v) is 5.71. The van der Waals surface area contributed by atoms with E-state index in [0.717, 1.165) is 4.47 Å². The van der Waals surface area contributed by atoms with Crippen LogP contribution in [0.2, 0.25) is 0 Å². The molecule has 0 saturated heterocycles. The van der Waals surface area contributed by atoms with Gasteiger partial charge in [-0.25, -0.2) is 0 Å². The summed E-state index contributed by atoms with van der Waals surface area (Å²) < 4.78 is 0.743. The molecule has 0 spiro atoms. The number of halogens is 1. The van der Waals surface area contributed by atoms with Gasteiger partial charge < -0.3 is 0 Å². The number of carbonyl (C=O) groups is 1. The Morgan fingerprint density at radius 2 is 2.19 bits per heavy atom. The number of benzene rings is 1. The van der Waals surface area contributed by atoms with Crippen molar-refractivity contribution in [3.8, 4) is 0 Å². The quantitative estimate of drug-likeness (QED) is 0.629. The van der Waals surface area contributed by atoms with Crippen molar-refractivity contribution in [2.45, 2.75) is 26.2 Å². The van der Waals surface area contributed by atoms with E-state index in [1.807, 2.05) is 6.92 Å². The van der Waals surface area contributed by atoms with Crippen molar-refractivity contribution in [3.05, 3.63) is 38.3 Å². The molecule has 16 heavy (non-hydrogen) atoms. The fourth-order valence-electron chi connectivity index (χ4n) is 1.70. The van der Waals surface area contributed by atoms with Crippen LogP contribution < -0.4 is 0 Å². The minimum atomic E-state index is -0.451. The lowest BCUT2D eigenvalue weighted by Crippen LogP contribution is -2.10. The number of Topliss-reactive ketones (excluding diaryl/α,β-unsaturated/α-hetero) is 1. The van der Waals surface area contributed by atoms with E-state index in [9.17, 15) is 14.9 Å². The fourth-order valence-corrected chi connectivity index (χ4v) is 2.08. The molecule has 0 N–H and O–H groups in total. The molecule has 86 valence electrons. The second-order valence-electron chi connectivity index (χ2n) is 3.53. The average molecular weight is 286 g/mol. The van der Waals surface area contributed by atoms with E-state index in [1.54, 1.807) is 12.1 Å². The van der Waals surface area contributed by atoms with Gasteiger partial charge in [-0.1, -0.05) is 22.9 Å². The molecule has 1 rings (SSSR count). The van der Waals surface area contributed by atoms with Crippen LogP contribution in [0, 0.1) is 10.1 Å². The monoisotopic (exact) mass is 285 g/mol. The Kier molecular flexibility index (Phi) is 4.18. The van der Waals surface area contributed by atoms with E-state index in [2.05, 4.69) is 15.9 Å². The van der Waals surface area contributed by atoms with Gasteiger partial charge in [0.1, 0.15) is 5.78 Å². The molecular formula is C11H12BrNO3. The largest absolute Gasteiger partial charge is 0.299 e. The zero-order valence-corrected chi connectivity index (χ0v) is 10.7. The molecule has 0 aliphatic rings. The van der Waals surface area contributed by atoms with Gasteiger partial charge in [-0.2, -0.15) is 0 Å². The summed E-state index contributed by atoms with van der Waals surface area (Å²) in [5.41, 5.74) is 0.486. The highest BCUT2D eigenvalue weighted by molar-refractivity contribution is 9.10. The molecule has 5 heteroatoms. The molecule has 0 aromatic heterocycles. The van der Waals surface area contributed by atoms with Gasteiger partial charge in [0, 0.05) is 22.0 Å². The molecule has 0 radical (unpaired) electrons. The van der Waals surface area contributed by atoms with Crippen molar-refractivity contribution in [2.24, 2.45) is 0 Å². The summed E-state index contributed by atoms with van der Waals surface area (Å²) in [5, 5.41) is 10.9. The number of nitrogens with zero attached hydrogens (tertiary/aromatic N) is 1. The van der Waals surface area contributed by atoms with Crippen molar-refractivity contribution in [2.75, 3.05) is 0 Å². The number of nitro benzene ring substituents is 1. The van der Waals surface area contributed by atoms with Gasteiger partial charge in [0.2, 0.25) is 0 Å². The molecule has 0 fully saturated rings.